The molecule has 0 amide bonds. The Morgan fingerprint density at radius 2 is 1.73 bits per heavy atom. The third kappa shape index (κ3) is 3.67. The van der Waals surface area contributed by atoms with E-state index in [1.807, 2.05) is 26.0 Å². The maximum atomic E-state index is 11.8. The van der Waals surface area contributed by atoms with Crippen molar-refractivity contribution in [2.45, 2.75) is 46.1 Å². The maximum absolute atomic E-state index is 11.8. The fourth-order valence-corrected chi connectivity index (χ4v) is 1.64. The van der Waals surface area contributed by atoms with E-state index in [0.717, 1.165) is 12.0 Å². The summed E-state index contributed by atoms with van der Waals surface area (Å²) in [4.78, 5) is 0. The van der Waals surface area contributed by atoms with Gasteiger partial charge in [0.05, 0.1) is 0 Å². The monoisotopic (exact) mass is 205 g/mol. The Bertz CT molecular complexity index is 274. The van der Waals surface area contributed by atoms with Crippen LogP contribution in [0.4, 0.5) is 0 Å². The van der Waals surface area contributed by atoms with E-state index >= 15 is 0 Å². The SMILES string of the molecule is CCCCc1ccc(C([O])C(C)C)cc1. The van der Waals surface area contributed by atoms with Crippen LogP contribution in [-0.4, -0.2) is 0 Å². The molecular formula is C14H21O. The Kier molecular flexibility index (Phi) is 4.83. The standard InChI is InChI=1S/C14H21O/c1-4-5-6-12-7-9-13(10-8-12)14(15)11(2)3/h7-11,14H,4-6H2,1-3H3. The molecule has 15 heavy (non-hydrogen) atoms. The number of unbranched alkanes of at least 4 members (excludes halogenated alkanes) is 1. The number of hydrogen-bond donors (Lipinski definition) is 0. The molecule has 0 saturated heterocycles. The largest absolute Gasteiger partial charge is 0.228 e. The van der Waals surface area contributed by atoms with E-state index in [0.29, 0.717) is 0 Å². The average Bonchev–Trinajstić information content (AvgIpc) is 2.26. The summed E-state index contributed by atoms with van der Waals surface area (Å²) in [6.07, 6.45) is 3.00. The minimum absolute atomic E-state index is 0.173. The lowest BCUT2D eigenvalue weighted by molar-refractivity contribution is 0.0488. The van der Waals surface area contributed by atoms with Crippen LogP contribution in [0.2, 0.25) is 0 Å². The molecule has 1 rings (SSSR count). The predicted molar refractivity (Wildman–Crippen MR) is 63.3 cm³/mol. The van der Waals surface area contributed by atoms with Gasteiger partial charge >= 0.3 is 0 Å². The normalized spacial score (nSPS) is 13.1. The molecule has 0 aliphatic heterocycles. The molecule has 0 heterocycles. The number of rotatable bonds is 5. The fraction of sp³-hybridized carbons (Fsp3) is 0.571. The van der Waals surface area contributed by atoms with Gasteiger partial charge in [0.2, 0.25) is 0 Å². The zero-order valence-corrected chi connectivity index (χ0v) is 9.99. The molecule has 0 N–H and O–H groups in total. The van der Waals surface area contributed by atoms with E-state index in [1.165, 1.54) is 18.4 Å². The van der Waals surface area contributed by atoms with Crippen molar-refractivity contribution in [1.29, 1.82) is 0 Å². The van der Waals surface area contributed by atoms with Crippen LogP contribution in [0.3, 0.4) is 0 Å². The molecule has 0 aliphatic rings. The molecule has 0 spiro atoms. The average molecular weight is 205 g/mol. The van der Waals surface area contributed by atoms with Gasteiger partial charge in [-0.2, -0.15) is 0 Å². The van der Waals surface area contributed by atoms with Crippen molar-refractivity contribution in [2.75, 3.05) is 0 Å². The van der Waals surface area contributed by atoms with Crippen LogP contribution in [0.25, 0.3) is 0 Å². The quantitative estimate of drug-likeness (QED) is 0.688. The summed E-state index contributed by atoms with van der Waals surface area (Å²) in [5.41, 5.74) is 2.27. The molecule has 1 nitrogen and oxygen atoms in total. The van der Waals surface area contributed by atoms with Crippen LogP contribution in [0.15, 0.2) is 24.3 Å². The van der Waals surface area contributed by atoms with Crippen molar-refractivity contribution < 1.29 is 5.11 Å². The van der Waals surface area contributed by atoms with E-state index in [-0.39, 0.29) is 5.92 Å². The first-order valence-electron chi connectivity index (χ1n) is 5.89. The summed E-state index contributed by atoms with van der Waals surface area (Å²) in [5, 5.41) is 11.8. The van der Waals surface area contributed by atoms with Gasteiger partial charge in [-0.25, -0.2) is 5.11 Å². The Morgan fingerprint density at radius 1 is 1.13 bits per heavy atom. The number of hydrogen-bond acceptors (Lipinski definition) is 0. The van der Waals surface area contributed by atoms with Crippen LogP contribution < -0.4 is 0 Å². The first-order valence-corrected chi connectivity index (χ1v) is 5.89. The first kappa shape index (κ1) is 12.3. The Hall–Kier alpha value is -0.820. The van der Waals surface area contributed by atoms with Gasteiger partial charge in [0.15, 0.2) is 0 Å². The van der Waals surface area contributed by atoms with Crippen molar-refractivity contribution in [1.82, 2.24) is 0 Å². The lowest BCUT2D eigenvalue weighted by Gasteiger charge is -2.12. The molecule has 1 heteroatoms. The molecule has 1 radical (unpaired) electrons. The van der Waals surface area contributed by atoms with E-state index in [9.17, 15) is 5.11 Å². The Balaban J connectivity index is 2.63. The molecule has 0 bridgehead atoms. The third-order valence-corrected chi connectivity index (χ3v) is 2.73. The molecular weight excluding hydrogens is 184 g/mol. The highest BCUT2D eigenvalue weighted by atomic mass is 16.3. The van der Waals surface area contributed by atoms with Gasteiger partial charge in [0.1, 0.15) is 6.10 Å². The van der Waals surface area contributed by atoms with Gasteiger partial charge in [0, 0.05) is 0 Å². The smallest absolute Gasteiger partial charge is 0.120 e. The van der Waals surface area contributed by atoms with Crippen molar-refractivity contribution in [2.24, 2.45) is 5.92 Å². The van der Waals surface area contributed by atoms with Crippen LogP contribution >= 0.6 is 0 Å². The zero-order valence-electron chi connectivity index (χ0n) is 9.99. The van der Waals surface area contributed by atoms with E-state index in [1.54, 1.807) is 0 Å². The third-order valence-electron chi connectivity index (χ3n) is 2.73. The van der Waals surface area contributed by atoms with Gasteiger partial charge in [-0.3, -0.25) is 0 Å². The molecule has 0 aliphatic carbocycles. The molecule has 0 saturated carbocycles. The van der Waals surface area contributed by atoms with Gasteiger partial charge in [-0.05, 0) is 29.9 Å². The molecule has 0 fully saturated rings. The highest BCUT2D eigenvalue weighted by molar-refractivity contribution is 5.24. The van der Waals surface area contributed by atoms with Crippen LogP contribution in [0.5, 0.6) is 0 Å². The molecule has 0 aromatic heterocycles. The van der Waals surface area contributed by atoms with Crippen molar-refractivity contribution in [3.05, 3.63) is 35.4 Å². The lowest BCUT2D eigenvalue weighted by atomic mass is 9.97. The van der Waals surface area contributed by atoms with Crippen molar-refractivity contribution in [3.63, 3.8) is 0 Å². The van der Waals surface area contributed by atoms with Gasteiger partial charge in [-0.15, -0.1) is 0 Å². The van der Waals surface area contributed by atoms with Crippen molar-refractivity contribution >= 4 is 0 Å². The van der Waals surface area contributed by atoms with Crippen LogP contribution in [0.1, 0.15) is 50.8 Å². The van der Waals surface area contributed by atoms with Crippen molar-refractivity contribution in [3.8, 4) is 0 Å². The second-order valence-electron chi connectivity index (χ2n) is 4.51. The minimum Gasteiger partial charge on any atom is -0.228 e. The summed E-state index contributed by atoms with van der Waals surface area (Å²) in [6, 6.07) is 8.17. The molecule has 1 unspecified atom stereocenters. The Morgan fingerprint density at radius 3 is 2.20 bits per heavy atom. The fourth-order valence-electron chi connectivity index (χ4n) is 1.64. The lowest BCUT2D eigenvalue weighted by Crippen LogP contribution is -2.03. The molecule has 1 aromatic rings. The second kappa shape index (κ2) is 5.92. The molecule has 83 valence electrons. The van der Waals surface area contributed by atoms with E-state index in [4.69, 9.17) is 0 Å². The minimum atomic E-state index is -0.578. The summed E-state index contributed by atoms with van der Waals surface area (Å²) in [5.74, 6) is 0.173. The van der Waals surface area contributed by atoms with Gasteiger partial charge in [-0.1, -0.05) is 51.5 Å². The number of aryl methyl sites for hydroxylation is 1. The summed E-state index contributed by atoms with van der Waals surface area (Å²) in [6.45, 7) is 6.14. The zero-order chi connectivity index (χ0) is 11.3. The van der Waals surface area contributed by atoms with Gasteiger partial charge in [0.25, 0.3) is 0 Å². The summed E-state index contributed by atoms with van der Waals surface area (Å²) < 4.78 is 0. The van der Waals surface area contributed by atoms with E-state index in [2.05, 4.69) is 19.1 Å². The summed E-state index contributed by atoms with van der Waals surface area (Å²) >= 11 is 0. The summed E-state index contributed by atoms with van der Waals surface area (Å²) in [7, 11) is 0. The predicted octanol–water partition coefficient (Wildman–Crippen LogP) is 4.16. The Labute approximate surface area is 93.1 Å². The van der Waals surface area contributed by atoms with E-state index < -0.39 is 6.10 Å². The second-order valence-corrected chi connectivity index (χ2v) is 4.51. The van der Waals surface area contributed by atoms with Gasteiger partial charge < -0.3 is 0 Å². The molecule has 1 atom stereocenters. The number of benzene rings is 1. The highest BCUT2D eigenvalue weighted by Gasteiger charge is 2.13. The maximum Gasteiger partial charge on any atom is 0.120 e. The topological polar surface area (TPSA) is 19.9 Å². The molecule has 1 aromatic carbocycles. The van der Waals surface area contributed by atoms with Crippen LogP contribution in [0, 0.1) is 5.92 Å². The van der Waals surface area contributed by atoms with Crippen LogP contribution in [-0.2, 0) is 11.5 Å². The highest BCUT2D eigenvalue weighted by Crippen LogP contribution is 2.22. The first-order chi connectivity index (χ1) is 7.15.